The first-order chi connectivity index (χ1) is 9.63. The largest absolute Gasteiger partial charge is 0.481 e. The Morgan fingerprint density at radius 2 is 1.70 bits per heavy atom. The van der Waals surface area contributed by atoms with E-state index < -0.39 is 5.97 Å². The van der Waals surface area contributed by atoms with Crippen molar-refractivity contribution in [3.05, 3.63) is 0 Å². The second kappa shape index (κ2) is 5.62. The van der Waals surface area contributed by atoms with E-state index in [1.54, 1.807) is 0 Å². The maximum absolute atomic E-state index is 11.9. The van der Waals surface area contributed by atoms with Crippen molar-refractivity contribution in [2.45, 2.75) is 51.0 Å². The molecular formula is C15H24N2O3. The fourth-order valence-corrected chi connectivity index (χ4v) is 3.55. The molecule has 0 radical (unpaired) electrons. The van der Waals surface area contributed by atoms with Crippen LogP contribution in [0, 0.1) is 23.7 Å². The Morgan fingerprint density at radius 1 is 1.05 bits per heavy atom. The summed E-state index contributed by atoms with van der Waals surface area (Å²) in [6.45, 7) is 0.788. The molecule has 0 aromatic heterocycles. The van der Waals surface area contributed by atoms with Crippen LogP contribution in [0.3, 0.4) is 0 Å². The minimum atomic E-state index is -0.739. The fourth-order valence-electron chi connectivity index (χ4n) is 3.55. The Labute approximate surface area is 119 Å². The number of nitrogens with one attached hydrogen (secondary N) is 2. The smallest absolute Gasteiger partial charge is 0.315 e. The zero-order valence-electron chi connectivity index (χ0n) is 11.8. The van der Waals surface area contributed by atoms with Crippen LogP contribution in [0.25, 0.3) is 0 Å². The lowest BCUT2D eigenvalue weighted by Crippen LogP contribution is -2.43. The van der Waals surface area contributed by atoms with Gasteiger partial charge in [-0.05, 0) is 62.7 Å². The lowest BCUT2D eigenvalue weighted by molar-refractivity contribution is -0.141. The summed E-state index contributed by atoms with van der Waals surface area (Å²) in [5.74, 6) is 1.33. The second-order valence-electron chi connectivity index (χ2n) is 6.74. The van der Waals surface area contributed by atoms with E-state index >= 15 is 0 Å². The zero-order chi connectivity index (χ0) is 14.1. The first kappa shape index (κ1) is 13.7. The molecule has 0 aromatic rings. The molecule has 3 aliphatic rings. The van der Waals surface area contributed by atoms with Gasteiger partial charge in [0.2, 0.25) is 0 Å². The first-order valence-electron chi connectivity index (χ1n) is 7.90. The van der Waals surface area contributed by atoms with Gasteiger partial charge in [-0.15, -0.1) is 0 Å². The van der Waals surface area contributed by atoms with E-state index in [0.29, 0.717) is 18.8 Å². The van der Waals surface area contributed by atoms with Gasteiger partial charge < -0.3 is 15.7 Å². The van der Waals surface area contributed by atoms with Crippen LogP contribution in [0.4, 0.5) is 4.79 Å². The third-order valence-electron chi connectivity index (χ3n) is 5.07. The number of amides is 2. The number of carbonyl (C=O) groups is 2. The monoisotopic (exact) mass is 280 g/mol. The van der Waals surface area contributed by atoms with E-state index in [-0.39, 0.29) is 18.0 Å². The molecular weight excluding hydrogens is 256 g/mol. The Kier molecular flexibility index (Phi) is 3.85. The van der Waals surface area contributed by atoms with Crippen LogP contribution >= 0.6 is 0 Å². The van der Waals surface area contributed by atoms with E-state index in [9.17, 15) is 9.59 Å². The number of carboxylic acids is 1. The number of rotatable bonds is 6. The number of hydrogen-bond donors (Lipinski definition) is 3. The van der Waals surface area contributed by atoms with Crippen molar-refractivity contribution < 1.29 is 14.7 Å². The van der Waals surface area contributed by atoms with E-state index in [1.165, 1.54) is 25.7 Å². The van der Waals surface area contributed by atoms with Crippen LogP contribution in [-0.2, 0) is 4.79 Å². The van der Waals surface area contributed by atoms with Crippen molar-refractivity contribution in [3.63, 3.8) is 0 Å². The Balaban J connectivity index is 1.38. The molecule has 5 nitrogen and oxygen atoms in total. The topological polar surface area (TPSA) is 78.4 Å². The highest BCUT2D eigenvalue weighted by Crippen LogP contribution is 2.48. The van der Waals surface area contributed by atoms with Crippen molar-refractivity contribution in [1.29, 1.82) is 0 Å². The van der Waals surface area contributed by atoms with Crippen molar-refractivity contribution >= 4 is 12.0 Å². The van der Waals surface area contributed by atoms with Crippen LogP contribution in [0.5, 0.6) is 0 Å². The summed E-state index contributed by atoms with van der Waals surface area (Å²) in [5, 5.41) is 14.9. The standard InChI is InChI=1S/C15H24N2O3/c18-14(19)11-5-6-12(7-11)17-15(20)16-8-13(9-1-2-9)10-3-4-10/h9-13H,1-8H2,(H,18,19)(H2,16,17,20)/t11-,12+/m1/s1. The number of urea groups is 1. The van der Waals surface area contributed by atoms with E-state index in [0.717, 1.165) is 24.8 Å². The lowest BCUT2D eigenvalue weighted by Gasteiger charge is -2.18. The average molecular weight is 280 g/mol. The van der Waals surface area contributed by atoms with Crippen LogP contribution in [-0.4, -0.2) is 29.7 Å². The minimum absolute atomic E-state index is 0.0244. The highest BCUT2D eigenvalue weighted by Gasteiger charge is 2.41. The summed E-state index contributed by atoms with van der Waals surface area (Å²) in [7, 11) is 0. The molecule has 0 aromatic carbocycles. The predicted molar refractivity (Wildman–Crippen MR) is 74.2 cm³/mol. The summed E-state index contributed by atoms with van der Waals surface area (Å²) in [4.78, 5) is 22.8. The summed E-state index contributed by atoms with van der Waals surface area (Å²) in [5.41, 5.74) is 0. The molecule has 3 rings (SSSR count). The minimum Gasteiger partial charge on any atom is -0.481 e. The maximum atomic E-state index is 11.9. The molecule has 3 fully saturated rings. The van der Waals surface area contributed by atoms with Gasteiger partial charge in [0.15, 0.2) is 0 Å². The molecule has 0 saturated heterocycles. The Morgan fingerprint density at radius 3 is 2.20 bits per heavy atom. The second-order valence-corrected chi connectivity index (χ2v) is 6.74. The predicted octanol–water partition coefficient (Wildman–Crippen LogP) is 1.98. The van der Waals surface area contributed by atoms with Crippen LogP contribution in [0.1, 0.15) is 44.9 Å². The van der Waals surface area contributed by atoms with Gasteiger partial charge in [0.05, 0.1) is 5.92 Å². The van der Waals surface area contributed by atoms with Gasteiger partial charge in [-0.3, -0.25) is 4.79 Å². The molecule has 2 atom stereocenters. The molecule has 0 unspecified atom stereocenters. The van der Waals surface area contributed by atoms with Gasteiger partial charge in [0, 0.05) is 12.6 Å². The molecule has 20 heavy (non-hydrogen) atoms. The Bertz CT molecular complexity index is 379. The highest BCUT2D eigenvalue weighted by atomic mass is 16.4. The van der Waals surface area contributed by atoms with Gasteiger partial charge in [-0.25, -0.2) is 4.79 Å². The summed E-state index contributed by atoms with van der Waals surface area (Å²) in [6, 6.07) is -0.0938. The molecule has 0 spiro atoms. The Hall–Kier alpha value is -1.26. The SMILES string of the molecule is O=C(NCC(C1CC1)C1CC1)N[C@H]1CC[C@@H](C(=O)O)C1. The molecule has 5 heteroatoms. The zero-order valence-corrected chi connectivity index (χ0v) is 11.8. The average Bonchev–Trinajstić information content (AvgIpc) is 3.31. The number of aliphatic carboxylic acids is 1. The van der Waals surface area contributed by atoms with Gasteiger partial charge in [-0.1, -0.05) is 0 Å². The highest BCUT2D eigenvalue weighted by molar-refractivity contribution is 5.75. The first-order valence-corrected chi connectivity index (χ1v) is 7.90. The number of carboxylic acid groups (broad SMARTS) is 1. The van der Waals surface area contributed by atoms with Gasteiger partial charge in [-0.2, -0.15) is 0 Å². The number of hydrogen-bond acceptors (Lipinski definition) is 2. The fraction of sp³-hybridized carbons (Fsp3) is 0.867. The quantitative estimate of drug-likeness (QED) is 0.696. The molecule has 0 bridgehead atoms. The van der Waals surface area contributed by atoms with Crippen LogP contribution < -0.4 is 10.6 Å². The third kappa shape index (κ3) is 3.44. The third-order valence-corrected chi connectivity index (χ3v) is 5.07. The molecule has 3 saturated carbocycles. The molecule has 112 valence electrons. The molecule has 2 amide bonds. The summed E-state index contributed by atoms with van der Waals surface area (Å²) in [6.07, 6.45) is 7.32. The van der Waals surface area contributed by atoms with Gasteiger partial charge in [0.25, 0.3) is 0 Å². The van der Waals surface area contributed by atoms with Crippen LogP contribution in [0.15, 0.2) is 0 Å². The van der Waals surface area contributed by atoms with Gasteiger partial charge in [0.1, 0.15) is 0 Å². The van der Waals surface area contributed by atoms with E-state index in [4.69, 9.17) is 5.11 Å². The molecule has 0 heterocycles. The maximum Gasteiger partial charge on any atom is 0.315 e. The lowest BCUT2D eigenvalue weighted by atomic mass is 9.98. The molecule has 3 N–H and O–H groups in total. The summed E-state index contributed by atoms with van der Waals surface area (Å²) < 4.78 is 0. The van der Waals surface area contributed by atoms with Crippen LogP contribution in [0.2, 0.25) is 0 Å². The van der Waals surface area contributed by atoms with Crippen molar-refractivity contribution in [1.82, 2.24) is 10.6 Å². The summed E-state index contributed by atoms with van der Waals surface area (Å²) >= 11 is 0. The molecule has 3 aliphatic carbocycles. The van der Waals surface area contributed by atoms with E-state index in [1.807, 2.05) is 0 Å². The number of carbonyl (C=O) groups excluding carboxylic acids is 1. The van der Waals surface area contributed by atoms with Crippen molar-refractivity contribution in [2.24, 2.45) is 23.7 Å². The van der Waals surface area contributed by atoms with Crippen molar-refractivity contribution in [3.8, 4) is 0 Å². The van der Waals surface area contributed by atoms with E-state index in [2.05, 4.69) is 10.6 Å². The molecule has 0 aliphatic heterocycles. The van der Waals surface area contributed by atoms with Gasteiger partial charge >= 0.3 is 12.0 Å². The normalized spacial score (nSPS) is 29.4. The van der Waals surface area contributed by atoms with Crippen molar-refractivity contribution in [2.75, 3.05) is 6.54 Å².